The molecule has 37 heavy (non-hydrogen) atoms. The number of aromatic amines is 1. The third-order valence-electron chi connectivity index (χ3n) is 8.15. The lowest BCUT2D eigenvalue weighted by molar-refractivity contribution is -0.140. The second kappa shape index (κ2) is 9.60. The number of ether oxygens (including phenoxy) is 2. The van der Waals surface area contributed by atoms with E-state index in [9.17, 15) is 4.79 Å². The van der Waals surface area contributed by atoms with Gasteiger partial charge in [0.1, 0.15) is 0 Å². The molecule has 0 bridgehead atoms. The van der Waals surface area contributed by atoms with Crippen molar-refractivity contribution in [3.05, 3.63) is 94.7 Å². The van der Waals surface area contributed by atoms with Crippen molar-refractivity contribution < 1.29 is 14.3 Å². The van der Waals surface area contributed by atoms with E-state index in [4.69, 9.17) is 9.47 Å². The van der Waals surface area contributed by atoms with E-state index < -0.39 is 0 Å². The molecular weight excluding hydrogens is 462 g/mol. The predicted molar refractivity (Wildman–Crippen MR) is 145 cm³/mol. The first-order chi connectivity index (χ1) is 18.1. The molecule has 6 heteroatoms. The largest absolute Gasteiger partial charge is 0.493 e. The molecule has 2 aliphatic heterocycles. The van der Waals surface area contributed by atoms with E-state index in [1.165, 1.54) is 27.6 Å². The number of carbonyl (C=O) groups excluding carboxylic acids is 1. The molecule has 1 aromatic heterocycles. The predicted octanol–water partition coefficient (Wildman–Crippen LogP) is 5.26. The van der Waals surface area contributed by atoms with Gasteiger partial charge < -0.3 is 19.4 Å². The molecule has 2 aliphatic rings. The summed E-state index contributed by atoms with van der Waals surface area (Å²) in [4.78, 5) is 22.1. The van der Waals surface area contributed by atoms with E-state index in [-0.39, 0.29) is 18.0 Å². The maximum Gasteiger partial charge on any atom is 0.240 e. The van der Waals surface area contributed by atoms with Crippen LogP contribution >= 0.6 is 0 Å². The highest BCUT2D eigenvalue weighted by Gasteiger charge is 2.38. The molecule has 0 saturated carbocycles. The molecule has 0 spiro atoms. The number of methoxy groups -OCH3 is 2. The first-order valence-corrected chi connectivity index (χ1v) is 13.0. The number of para-hydroxylation sites is 1. The average Bonchev–Trinajstić information content (AvgIpc) is 3.42. The van der Waals surface area contributed by atoms with E-state index in [1.54, 1.807) is 14.2 Å². The third kappa shape index (κ3) is 4.15. The lowest BCUT2D eigenvalue weighted by atomic mass is 9.89. The van der Waals surface area contributed by atoms with Crippen molar-refractivity contribution in [3.8, 4) is 11.5 Å². The molecule has 1 amide bonds. The van der Waals surface area contributed by atoms with E-state index >= 15 is 0 Å². The third-order valence-corrected chi connectivity index (χ3v) is 8.15. The van der Waals surface area contributed by atoms with Crippen LogP contribution in [0.1, 0.15) is 40.8 Å². The Morgan fingerprint density at radius 3 is 2.57 bits per heavy atom. The fourth-order valence-corrected chi connectivity index (χ4v) is 6.12. The molecule has 6 rings (SSSR count). The van der Waals surface area contributed by atoms with E-state index in [0.717, 1.165) is 36.2 Å². The summed E-state index contributed by atoms with van der Waals surface area (Å²) in [5.74, 6) is 1.64. The Labute approximate surface area is 217 Å². The highest BCUT2D eigenvalue weighted by Crippen LogP contribution is 2.39. The van der Waals surface area contributed by atoms with Crippen LogP contribution in [0.4, 0.5) is 0 Å². The number of aromatic nitrogens is 1. The molecule has 190 valence electrons. The number of rotatable bonds is 5. The van der Waals surface area contributed by atoms with Gasteiger partial charge in [-0.3, -0.25) is 9.69 Å². The zero-order valence-electron chi connectivity index (χ0n) is 21.7. The summed E-state index contributed by atoms with van der Waals surface area (Å²) < 4.78 is 11.1. The number of benzene rings is 3. The Morgan fingerprint density at radius 2 is 1.76 bits per heavy atom. The second-order valence-electron chi connectivity index (χ2n) is 10.1. The standard InChI is InChI=1S/C31H33N3O3/c1-20-26-17-29(37-3)28(36-2)16-23(26)12-14-34(20)31(35)27-15-22-7-4-5-8-24(22)18-33(27)19-25-10-6-9-21-11-13-32-30(21)25/h4-11,13,16-17,20,27,32H,12,14-15,18-19H2,1-3H3/t20-,27?/m1/s1. The number of hydrogen-bond acceptors (Lipinski definition) is 4. The lowest BCUT2D eigenvalue weighted by Gasteiger charge is -2.42. The number of fused-ring (bicyclic) bond motifs is 3. The zero-order valence-corrected chi connectivity index (χ0v) is 21.7. The van der Waals surface area contributed by atoms with Crippen LogP contribution in [0, 0.1) is 0 Å². The molecule has 0 aliphatic carbocycles. The molecule has 0 fully saturated rings. The Hall–Kier alpha value is -3.77. The van der Waals surface area contributed by atoms with Gasteiger partial charge in [0.2, 0.25) is 5.91 Å². The minimum absolute atomic E-state index is 0.0399. The van der Waals surface area contributed by atoms with Gasteiger partial charge in [0.05, 0.1) is 26.3 Å². The number of H-pyrrole nitrogens is 1. The molecule has 2 atom stereocenters. The summed E-state index contributed by atoms with van der Waals surface area (Å²) in [7, 11) is 3.32. The minimum atomic E-state index is -0.218. The van der Waals surface area contributed by atoms with Crippen molar-refractivity contribution in [3.63, 3.8) is 0 Å². The van der Waals surface area contributed by atoms with Gasteiger partial charge in [-0.15, -0.1) is 0 Å². The van der Waals surface area contributed by atoms with Crippen molar-refractivity contribution >= 4 is 16.8 Å². The summed E-state index contributed by atoms with van der Waals surface area (Å²) in [5, 5.41) is 1.20. The van der Waals surface area contributed by atoms with Crippen molar-refractivity contribution in [1.29, 1.82) is 0 Å². The highest BCUT2D eigenvalue weighted by atomic mass is 16.5. The zero-order chi connectivity index (χ0) is 25.5. The molecule has 0 saturated heterocycles. The Kier molecular flexibility index (Phi) is 6.13. The van der Waals surface area contributed by atoms with Crippen LogP contribution in [-0.4, -0.2) is 47.5 Å². The number of carbonyl (C=O) groups is 1. The van der Waals surface area contributed by atoms with Crippen molar-refractivity contribution in [2.75, 3.05) is 20.8 Å². The van der Waals surface area contributed by atoms with Crippen LogP contribution in [0.5, 0.6) is 11.5 Å². The Morgan fingerprint density at radius 1 is 0.973 bits per heavy atom. The normalized spacial score (nSPS) is 19.4. The van der Waals surface area contributed by atoms with Crippen LogP contribution in [0.2, 0.25) is 0 Å². The van der Waals surface area contributed by atoms with E-state index in [2.05, 4.69) is 76.3 Å². The maximum atomic E-state index is 14.3. The number of hydrogen-bond donors (Lipinski definition) is 1. The maximum absolute atomic E-state index is 14.3. The fraction of sp³-hybridized carbons (Fsp3) is 0.323. The topological polar surface area (TPSA) is 57.8 Å². The monoisotopic (exact) mass is 495 g/mol. The minimum Gasteiger partial charge on any atom is -0.493 e. The lowest BCUT2D eigenvalue weighted by Crippen LogP contribution is -2.53. The first kappa shape index (κ1) is 23.6. The SMILES string of the molecule is COc1cc2c(cc1OC)[C@@H](C)N(C(=O)C1Cc3ccccc3CN1Cc1cccc3cc[nH]c13)CC2. The summed E-state index contributed by atoms with van der Waals surface area (Å²) in [5.41, 5.74) is 7.29. The van der Waals surface area contributed by atoms with Gasteiger partial charge in [0.25, 0.3) is 0 Å². The van der Waals surface area contributed by atoms with Gasteiger partial charge >= 0.3 is 0 Å². The van der Waals surface area contributed by atoms with Crippen LogP contribution in [0.25, 0.3) is 10.9 Å². The molecular formula is C31H33N3O3. The molecule has 0 radical (unpaired) electrons. The van der Waals surface area contributed by atoms with Crippen LogP contribution in [0.15, 0.2) is 66.9 Å². The Bertz CT molecular complexity index is 1460. The van der Waals surface area contributed by atoms with Crippen LogP contribution < -0.4 is 9.47 Å². The highest BCUT2D eigenvalue weighted by molar-refractivity contribution is 5.84. The average molecular weight is 496 g/mol. The van der Waals surface area contributed by atoms with Gasteiger partial charge in [-0.2, -0.15) is 0 Å². The first-order valence-electron chi connectivity index (χ1n) is 13.0. The van der Waals surface area contributed by atoms with Crippen LogP contribution in [0.3, 0.4) is 0 Å². The summed E-state index contributed by atoms with van der Waals surface area (Å²) in [6.07, 6.45) is 3.51. The molecule has 4 aromatic rings. The molecule has 1 N–H and O–H groups in total. The number of amides is 1. The van der Waals surface area contributed by atoms with Crippen molar-refractivity contribution in [2.45, 2.75) is 44.9 Å². The molecule has 1 unspecified atom stereocenters. The van der Waals surface area contributed by atoms with Crippen LogP contribution in [-0.2, 0) is 30.7 Å². The van der Waals surface area contributed by atoms with Crippen molar-refractivity contribution in [2.24, 2.45) is 0 Å². The number of nitrogens with one attached hydrogen (secondary N) is 1. The Balaban J connectivity index is 1.33. The van der Waals surface area contributed by atoms with E-state index in [0.29, 0.717) is 18.8 Å². The summed E-state index contributed by atoms with van der Waals surface area (Å²) >= 11 is 0. The van der Waals surface area contributed by atoms with Gasteiger partial charge in [0.15, 0.2) is 11.5 Å². The van der Waals surface area contributed by atoms with Crippen molar-refractivity contribution in [1.82, 2.24) is 14.8 Å². The van der Waals surface area contributed by atoms with E-state index in [1.807, 2.05) is 12.3 Å². The molecule has 6 nitrogen and oxygen atoms in total. The smallest absolute Gasteiger partial charge is 0.240 e. The number of nitrogens with zero attached hydrogens (tertiary/aromatic N) is 2. The molecule has 3 heterocycles. The molecule has 3 aromatic carbocycles. The van der Waals surface area contributed by atoms with Gasteiger partial charge in [0, 0.05) is 31.3 Å². The fourth-order valence-electron chi connectivity index (χ4n) is 6.12. The summed E-state index contributed by atoms with van der Waals surface area (Å²) in [6, 6.07) is 20.9. The summed E-state index contributed by atoms with van der Waals surface area (Å²) in [6.45, 7) is 4.29. The van der Waals surface area contributed by atoms with Gasteiger partial charge in [-0.25, -0.2) is 0 Å². The van der Waals surface area contributed by atoms with Gasteiger partial charge in [-0.1, -0.05) is 42.5 Å². The van der Waals surface area contributed by atoms with Gasteiger partial charge in [-0.05, 0) is 71.2 Å². The second-order valence-corrected chi connectivity index (χ2v) is 10.1. The quantitative estimate of drug-likeness (QED) is 0.411.